The fraction of sp³-hybridized carbons (Fsp3) is 0.200. The first-order valence-corrected chi connectivity index (χ1v) is 7.35. The Labute approximate surface area is 130 Å². The summed E-state index contributed by atoms with van der Waals surface area (Å²) in [6.45, 7) is 0.476. The Hall–Kier alpha value is -2.33. The Kier molecular flexibility index (Phi) is 5.98. The molecule has 0 aliphatic heterocycles. The average molecular weight is 321 g/mol. The summed E-state index contributed by atoms with van der Waals surface area (Å²) < 4.78 is 30.1. The number of rotatable bonds is 7. The van der Waals surface area contributed by atoms with Crippen molar-refractivity contribution in [3.05, 3.63) is 42.2 Å². The van der Waals surface area contributed by atoms with Crippen LogP contribution in [0.1, 0.15) is 12.2 Å². The van der Waals surface area contributed by atoms with Crippen LogP contribution in [-0.2, 0) is 0 Å². The number of furan rings is 1. The lowest BCUT2D eigenvalue weighted by molar-refractivity contribution is 0.252. The molecule has 1 aromatic heterocycles. The Bertz CT molecular complexity index is 662. The fourth-order valence-electron chi connectivity index (χ4n) is 1.66. The molecule has 114 valence electrons. The highest BCUT2D eigenvalue weighted by molar-refractivity contribution is 7.99. The van der Waals surface area contributed by atoms with E-state index in [1.807, 2.05) is 6.07 Å². The van der Waals surface area contributed by atoms with E-state index in [9.17, 15) is 8.78 Å². The van der Waals surface area contributed by atoms with Gasteiger partial charge in [0, 0.05) is 17.0 Å². The van der Waals surface area contributed by atoms with Crippen molar-refractivity contribution in [3.63, 3.8) is 0 Å². The molecule has 22 heavy (non-hydrogen) atoms. The Balaban J connectivity index is 1.97. The van der Waals surface area contributed by atoms with Gasteiger partial charge in [0.25, 0.3) is 5.76 Å². The Morgan fingerprint density at radius 2 is 2.05 bits per heavy atom. The minimum absolute atomic E-state index is 0.379. The van der Waals surface area contributed by atoms with Crippen LogP contribution in [0.2, 0.25) is 0 Å². The molecule has 0 saturated heterocycles. The third-order valence-corrected chi connectivity index (χ3v) is 3.34. The molecule has 0 aliphatic carbocycles. The molecule has 0 saturated carbocycles. The van der Waals surface area contributed by atoms with E-state index in [4.69, 9.17) is 9.68 Å². The maximum Gasteiger partial charge on any atom is 0.288 e. The monoisotopic (exact) mass is 321 g/mol. The summed E-state index contributed by atoms with van der Waals surface area (Å²) >= 11 is 0.509. The number of benzene rings is 1. The Morgan fingerprint density at radius 1 is 1.27 bits per heavy atom. The highest BCUT2D eigenvalue weighted by atomic mass is 32.2. The van der Waals surface area contributed by atoms with Crippen LogP contribution in [0.15, 0.2) is 50.8 Å². The van der Waals surface area contributed by atoms with Crippen LogP contribution in [0.4, 0.5) is 8.78 Å². The number of nitriles is 1. The lowest BCUT2D eigenvalue weighted by Crippen LogP contribution is -2.06. The van der Waals surface area contributed by atoms with Gasteiger partial charge in [-0.15, -0.1) is 0 Å². The van der Waals surface area contributed by atoms with Gasteiger partial charge in [-0.25, -0.2) is 0 Å². The summed E-state index contributed by atoms with van der Waals surface area (Å²) in [5.74, 6) is -1.23. The summed E-state index contributed by atoms with van der Waals surface area (Å²) in [5, 5.41) is 12.3. The summed E-state index contributed by atoms with van der Waals surface area (Å²) in [6.07, 6.45) is 1.89. The van der Waals surface area contributed by atoms with Gasteiger partial charge in [-0.1, -0.05) is 23.9 Å². The van der Waals surface area contributed by atoms with Crippen molar-refractivity contribution < 1.29 is 13.2 Å². The zero-order valence-corrected chi connectivity index (χ0v) is 12.3. The number of nitrogens with zero attached hydrogens (tertiary/aromatic N) is 2. The van der Waals surface area contributed by atoms with E-state index in [1.165, 1.54) is 6.21 Å². The molecule has 7 heteroatoms. The van der Waals surface area contributed by atoms with Crippen molar-refractivity contribution in [2.75, 3.05) is 6.54 Å². The number of alkyl halides is 2. The third kappa shape index (κ3) is 4.90. The quantitative estimate of drug-likeness (QED) is 0.361. The summed E-state index contributed by atoms with van der Waals surface area (Å²) in [6, 6.07) is 12.3. The highest BCUT2D eigenvalue weighted by Gasteiger charge is 2.07. The second kappa shape index (κ2) is 8.20. The second-order valence-electron chi connectivity index (χ2n) is 4.18. The van der Waals surface area contributed by atoms with Crippen molar-refractivity contribution in [3.8, 4) is 17.4 Å². The third-order valence-electron chi connectivity index (χ3n) is 2.62. The van der Waals surface area contributed by atoms with Crippen LogP contribution in [0.3, 0.4) is 0 Å². The molecule has 1 heterocycles. The molecule has 2 aromatic rings. The largest absolute Gasteiger partial charge is 0.455 e. The number of hydrogen-bond donors (Lipinski definition) is 1. The first kappa shape index (κ1) is 16.0. The lowest BCUT2D eigenvalue weighted by Gasteiger charge is -2.01. The van der Waals surface area contributed by atoms with Crippen LogP contribution in [0.5, 0.6) is 0 Å². The molecule has 0 atom stereocenters. The molecule has 2 rings (SSSR count). The zero-order chi connectivity index (χ0) is 15.8. The standard InChI is InChI=1S/C15H13F2N3OS/c16-15(17)22-13-5-2-11(3-6-13)14-7-4-12(21-14)10-20-19-9-1-8-18/h2-7,10,15,19H,1,9H2/b20-10+. The van der Waals surface area contributed by atoms with Gasteiger partial charge in [0.15, 0.2) is 0 Å². The normalized spacial score (nSPS) is 11.0. The summed E-state index contributed by atoms with van der Waals surface area (Å²) in [7, 11) is 0. The van der Waals surface area contributed by atoms with Crippen molar-refractivity contribution in [1.82, 2.24) is 5.43 Å². The second-order valence-corrected chi connectivity index (χ2v) is 5.24. The molecule has 1 aromatic carbocycles. The van der Waals surface area contributed by atoms with Crippen LogP contribution in [-0.4, -0.2) is 18.5 Å². The number of hydrazone groups is 1. The van der Waals surface area contributed by atoms with Crippen LogP contribution < -0.4 is 5.43 Å². The van der Waals surface area contributed by atoms with E-state index in [0.29, 0.717) is 41.1 Å². The smallest absolute Gasteiger partial charge is 0.288 e. The van der Waals surface area contributed by atoms with E-state index in [1.54, 1.807) is 36.4 Å². The number of nitrogens with one attached hydrogen (secondary N) is 1. The number of halogens is 2. The van der Waals surface area contributed by atoms with Crippen molar-refractivity contribution in [1.29, 1.82) is 5.26 Å². The molecule has 4 nitrogen and oxygen atoms in total. The first-order chi connectivity index (χ1) is 10.7. The van der Waals surface area contributed by atoms with Crippen LogP contribution in [0.25, 0.3) is 11.3 Å². The zero-order valence-electron chi connectivity index (χ0n) is 11.5. The van der Waals surface area contributed by atoms with Gasteiger partial charge < -0.3 is 9.84 Å². The number of thioether (sulfide) groups is 1. The number of hydrogen-bond acceptors (Lipinski definition) is 5. The first-order valence-electron chi connectivity index (χ1n) is 6.47. The van der Waals surface area contributed by atoms with Gasteiger partial charge in [0.1, 0.15) is 11.5 Å². The summed E-state index contributed by atoms with van der Waals surface area (Å²) in [4.78, 5) is 0.508. The van der Waals surface area contributed by atoms with Gasteiger partial charge >= 0.3 is 0 Å². The maximum atomic E-state index is 12.2. The predicted octanol–water partition coefficient (Wildman–Crippen LogP) is 4.10. The van der Waals surface area contributed by atoms with E-state index in [-0.39, 0.29) is 0 Å². The van der Waals surface area contributed by atoms with Crippen molar-refractivity contribution in [2.24, 2.45) is 5.10 Å². The van der Waals surface area contributed by atoms with Crippen LogP contribution >= 0.6 is 11.8 Å². The Morgan fingerprint density at radius 3 is 2.73 bits per heavy atom. The lowest BCUT2D eigenvalue weighted by atomic mass is 10.2. The molecule has 0 radical (unpaired) electrons. The van der Waals surface area contributed by atoms with Gasteiger partial charge in [-0.05, 0) is 24.3 Å². The van der Waals surface area contributed by atoms with Gasteiger partial charge in [0.2, 0.25) is 0 Å². The van der Waals surface area contributed by atoms with Gasteiger partial charge in [-0.2, -0.15) is 19.1 Å². The van der Waals surface area contributed by atoms with E-state index >= 15 is 0 Å². The minimum atomic E-state index is -2.43. The average Bonchev–Trinajstić information content (AvgIpc) is 2.96. The van der Waals surface area contributed by atoms with E-state index < -0.39 is 5.76 Å². The molecule has 0 unspecified atom stereocenters. The van der Waals surface area contributed by atoms with E-state index in [2.05, 4.69) is 10.5 Å². The van der Waals surface area contributed by atoms with E-state index in [0.717, 1.165) is 5.56 Å². The molecular weight excluding hydrogens is 308 g/mol. The highest BCUT2D eigenvalue weighted by Crippen LogP contribution is 2.28. The molecule has 0 fully saturated rings. The predicted molar refractivity (Wildman–Crippen MR) is 81.8 cm³/mol. The van der Waals surface area contributed by atoms with Gasteiger partial charge in [-0.3, -0.25) is 0 Å². The van der Waals surface area contributed by atoms with Gasteiger partial charge in [0.05, 0.1) is 18.7 Å². The minimum Gasteiger partial charge on any atom is -0.455 e. The topological polar surface area (TPSA) is 61.3 Å². The SMILES string of the molecule is N#CCCN/N=C/c1ccc(-c2ccc(SC(F)F)cc2)o1. The molecule has 1 N–H and O–H groups in total. The maximum absolute atomic E-state index is 12.2. The molecule has 0 aliphatic rings. The molecule has 0 bridgehead atoms. The van der Waals surface area contributed by atoms with Crippen molar-refractivity contribution >= 4 is 18.0 Å². The molecule has 0 spiro atoms. The molecule has 0 amide bonds. The van der Waals surface area contributed by atoms with Crippen molar-refractivity contribution in [2.45, 2.75) is 17.1 Å². The van der Waals surface area contributed by atoms with Crippen LogP contribution in [0, 0.1) is 11.3 Å². The fourth-order valence-corrected chi connectivity index (χ4v) is 2.16. The summed E-state index contributed by atoms with van der Waals surface area (Å²) in [5.41, 5.74) is 3.52. The molecular formula is C15H13F2N3OS.